The van der Waals surface area contributed by atoms with Crippen molar-refractivity contribution in [2.24, 2.45) is 0 Å². The van der Waals surface area contributed by atoms with Gasteiger partial charge >= 0.3 is 0 Å². The minimum atomic E-state index is -4.18. The molecule has 8 heteroatoms. The number of rotatable bonds is 6. The molecule has 0 aliphatic carbocycles. The number of benzene rings is 2. The summed E-state index contributed by atoms with van der Waals surface area (Å²) in [6, 6.07) is 10.8. The van der Waals surface area contributed by atoms with E-state index in [0.29, 0.717) is 17.1 Å². The predicted molar refractivity (Wildman–Crippen MR) is 106 cm³/mol. The third-order valence-corrected chi connectivity index (χ3v) is 5.83. The van der Waals surface area contributed by atoms with Gasteiger partial charge < -0.3 is 9.47 Å². The summed E-state index contributed by atoms with van der Waals surface area (Å²) in [7, 11) is -2.70. The Hall–Kier alpha value is -2.20. The first-order valence-electron chi connectivity index (χ1n) is 7.86. The molecule has 0 aliphatic heterocycles. The molecule has 2 aromatic rings. The molecule has 0 aromatic heterocycles. The quantitative estimate of drug-likeness (QED) is 0.599. The Morgan fingerprint density at radius 2 is 1.93 bits per heavy atom. The lowest BCUT2D eigenvalue weighted by Gasteiger charge is -2.16. The summed E-state index contributed by atoms with van der Waals surface area (Å²) in [4.78, 5) is -0.729. The van der Waals surface area contributed by atoms with Crippen LogP contribution in [0.15, 0.2) is 46.2 Å². The summed E-state index contributed by atoms with van der Waals surface area (Å²) >= 11 is 11.9. The highest BCUT2D eigenvalue weighted by Crippen LogP contribution is 2.35. The minimum absolute atomic E-state index is 0.0233. The van der Waals surface area contributed by atoms with E-state index in [4.69, 9.17) is 32.7 Å². The van der Waals surface area contributed by atoms with E-state index in [1.807, 2.05) is 13.8 Å². The third-order valence-electron chi connectivity index (χ3n) is 3.45. The molecule has 2 aromatic carbocycles. The van der Waals surface area contributed by atoms with E-state index in [1.165, 1.54) is 31.4 Å². The number of sulfone groups is 1. The largest absolute Gasteiger partial charge is 0.493 e. The van der Waals surface area contributed by atoms with Crippen LogP contribution in [0.5, 0.6) is 11.5 Å². The maximum Gasteiger partial charge on any atom is 0.218 e. The molecule has 142 valence electrons. The zero-order valence-corrected chi connectivity index (χ0v) is 17.2. The Bertz CT molecular complexity index is 1020. The molecule has 0 saturated carbocycles. The van der Waals surface area contributed by atoms with Crippen LogP contribution < -0.4 is 9.47 Å². The topological polar surface area (TPSA) is 76.4 Å². The monoisotopic (exact) mass is 425 g/mol. The number of hydrogen-bond acceptors (Lipinski definition) is 5. The number of hydrogen-bond donors (Lipinski definition) is 0. The molecule has 0 aliphatic rings. The van der Waals surface area contributed by atoms with Crippen molar-refractivity contribution in [1.29, 1.82) is 5.26 Å². The predicted octanol–water partition coefficient (Wildman–Crippen LogP) is 5.13. The molecule has 0 heterocycles. The number of nitrogens with zero attached hydrogens (tertiary/aromatic N) is 1. The summed E-state index contributed by atoms with van der Waals surface area (Å²) in [5.41, 5.74) is 0.390. The number of para-hydroxylation sites is 1. The van der Waals surface area contributed by atoms with Crippen molar-refractivity contribution in [2.45, 2.75) is 24.8 Å². The average Bonchev–Trinajstić information content (AvgIpc) is 2.61. The highest BCUT2D eigenvalue weighted by atomic mass is 35.5. The SMILES string of the molecule is COc1cccc(/C=C(/C#N)S(=O)(=O)c2cc(Cl)ccc2Cl)c1OC(C)C. The molecule has 0 N–H and O–H groups in total. The third kappa shape index (κ3) is 4.75. The van der Waals surface area contributed by atoms with Crippen molar-refractivity contribution in [3.63, 3.8) is 0 Å². The summed E-state index contributed by atoms with van der Waals surface area (Å²) in [5.74, 6) is 0.767. The molecular formula is C19H17Cl2NO4S. The highest BCUT2D eigenvalue weighted by molar-refractivity contribution is 7.95. The second kappa shape index (κ2) is 8.66. The van der Waals surface area contributed by atoms with Crippen LogP contribution in [-0.2, 0) is 9.84 Å². The normalized spacial score (nSPS) is 12.0. The summed E-state index contributed by atoms with van der Waals surface area (Å²) in [5, 5.41) is 9.67. The Morgan fingerprint density at radius 1 is 1.22 bits per heavy atom. The highest BCUT2D eigenvalue weighted by Gasteiger charge is 2.25. The molecule has 0 spiro atoms. The lowest BCUT2D eigenvalue weighted by molar-refractivity contribution is 0.229. The van der Waals surface area contributed by atoms with Crippen molar-refractivity contribution in [3.8, 4) is 17.6 Å². The Kier molecular flexibility index (Phi) is 6.77. The van der Waals surface area contributed by atoms with Gasteiger partial charge in [0, 0.05) is 10.6 Å². The first-order valence-corrected chi connectivity index (χ1v) is 10.1. The molecular weight excluding hydrogens is 409 g/mol. The van der Waals surface area contributed by atoms with Crippen molar-refractivity contribution < 1.29 is 17.9 Å². The van der Waals surface area contributed by atoms with Crippen molar-refractivity contribution >= 4 is 39.1 Å². The van der Waals surface area contributed by atoms with E-state index >= 15 is 0 Å². The maximum atomic E-state index is 12.9. The zero-order chi connectivity index (χ0) is 20.2. The van der Waals surface area contributed by atoms with Gasteiger partial charge in [0.1, 0.15) is 11.0 Å². The van der Waals surface area contributed by atoms with Crippen LogP contribution in [0.2, 0.25) is 10.0 Å². The lowest BCUT2D eigenvalue weighted by Crippen LogP contribution is -2.09. The molecule has 2 rings (SSSR count). The smallest absolute Gasteiger partial charge is 0.218 e. The van der Waals surface area contributed by atoms with Crippen LogP contribution in [0.4, 0.5) is 0 Å². The fraction of sp³-hybridized carbons (Fsp3) is 0.211. The second-order valence-electron chi connectivity index (χ2n) is 5.74. The van der Waals surface area contributed by atoms with Crippen molar-refractivity contribution in [1.82, 2.24) is 0 Å². The zero-order valence-electron chi connectivity index (χ0n) is 14.9. The van der Waals surface area contributed by atoms with Gasteiger partial charge in [-0.1, -0.05) is 35.3 Å². The van der Waals surface area contributed by atoms with Crippen LogP contribution in [0.25, 0.3) is 6.08 Å². The van der Waals surface area contributed by atoms with Crippen LogP contribution in [0.3, 0.4) is 0 Å². The van der Waals surface area contributed by atoms with Crippen molar-refractivity contribution in [3.05, 3.63) is 56.9 Å². The molecule has 0 saturated heterocycles. The van der Waals surface area contributed by atoms with Gasteiger partial charge in [0.15, 0.2) is 11.5 Å². The summed E-state index contributed by atoms with van der Waals surface area (Å²) in [6.07, 6.45) is 1.05. The Morgan fingerprint density at radius 3 is 2.52 bits per heavy atom. The fourth-order valence-electron chi connectivity index (χ4n) is 2.28. The Labute approximate surface area is 168 Å². The van der Waals surface area contributed by atoms with Crippen molar-refractivity contribution in [2.75, 3.05) is 7.11 Å². The standard InChI is InChI=1S/C19H17Cl2NO4S/c1-12(2)26-19-13(5-4-6-17(19)25-3)9-15(11-22)27(23,24)18-10-14(20)7-8-16(18)21/h4-10,12H,1-3H3/b15-9-. The van der Waals surface area contributed by atoms with Gasteiger partial charge in [0.05, 0.1) is 23.1 Å². The number of ether oxygens (including phenoxy) is 2. The maximum absolute atomic E-state index is 12.9. The molecule has 0 unspecified atom stereocenters. The van der Waals surface area contributed by atoms with E-state index in [1.54, 1.807) is 24.3 Å². The molecule has 0 fully saturated rings. The lowest BCUT2D eigenvalue weighted by atomic mass is 10.1. The van der Waals surface area contributed by atoms with Gasteiger partial charge in [-0.25, -0.2) is 8.42 Å². The first-order chi connectivity index (χ1) is 12.7. The molecule has 0 atom stereocenters. The van der Waals surface area contributed by atoms with E-state index in [9.17, 15) is 13.7 Å². The summed E-state index contributed by atoms with van der Waals surface area (Å²) < 4.78 is 36.9. The minimum Gasteiger partial charge on any atom is -0.493 e. The average molecular weight is 426 g/mol. The van der Waals surface area contributed by atoms with Gasteiger partial charge in [-0.05, 0) is 44.2 Å². The molecule has 0 bridgehead atoms. The van der Waals surface area contributed by atoms with Gasteiger partial charge in [-0.3, -0.25) is 0 Å². The molecule has 0 amide bonds. The van der Waals surface area contributed by atoms with Crippen LogP contribution in [0, 0.1) is 11.3 Å². The van der Waals surface area contributed by atoms with E-state index in [0.717, 1.165) is 0 Å². The van der Waals surface area contributed by atoms with E-state index in [-0.39, 0.29) is 21.0 Å². The Balaban J connectivity index is 2.66. The molecule has 0 radical (unpaired) electrons. The van der Waals surface area contributed by atoms with Crippen LogP contribution in [-0.4, -0.2) is 21.6 Å². The molecule has 5 nitrogen and oxygen atoms in total. The van der Waals surface area contributed by atoms with Gasteiger partial charge in [-0.2, -0.15) is 5.26 Å². The number of halogens is 2. The van der Waals surface area contributed by atoms with Crippen LogP contribution in [0.1, 0.15) is 19.4 Å². The van der Waals surface area contributed by atoms with Crippen LogP contribution >= 0.6 is 23.2 Å². The van der Waals surface area contributed by atoms with E-state index in [2.05, 4.69) is 0 Å². The number of allylic oxidation sites excluding steroid dienone is 1. The fourth-order valence-corrected chi connectivity index (χ4v) is 4.19. The number of methoxy groups -OCH3 is 1. The van der Waals surface area contributed by atoms with Gasteiger partial charge in [0.2, 0.25) is 9.84 Å². The first kappa shape index (κ1) is 21.1. The molecule has 27 heavy (non-hydrogen) atoms. The van der Waals surface area contributed by atoms with E-state index < -0.39 is 14.7 Å². The summed E-state index contributed by atoms with van der Waals surface area (Å²) in [6.45, 7) is 3.65. The second-order valence-corrected chi connectivity index (χ2v) is 8.47. The van der Waals surface area contributed by atoms with Gasteiger partial charge in [0.25, 0.3) is 0 Å². The van der Waals surface area contributed by atoms with Gasteiger partial charge in [-0.15, -0.1) is 0 Å². The number of nitriles is 1.